The molecular formula is C21H26N2O6S. The molecule has 0 saturated heterocycles. The Balaban J connectivity index is 0.00000155. The number of fused-ring (bicyclic) bond motifs is 1. The number of rotatable bonds is 7. The number of nitrogens with one attached hydrogen (secondary N) is 1. The summed E-state index contributed by atoms with van der Waals surface area (Å²) in [6.07, 6.45) is -1.58. The van der Waals surface area contributed by atoms with Crippen LogP contribution in [0.15, 0.2) is 41.8 Å². The van der Waals surface area contributed by atoms with E-state index in [0.717, 1.165) is 23.1 Å². The number of esters is 1. The van der Waals surface area contributed by atoms with Crippen LogP contribution >= 0.6 is 11.3 Å². The van der Waals surface area contributed by atoms with E-state index in [9.17, 15) is 19.5 Å². The van der Waals surface area contributed by atoms with Crippen molar-refractivity contribution in [2.24, 2.45) is 0 Å². The van der Waals surface area contributed by atoms with E-state index < -0.39 is 36.4 Å². The Morgan fingerprint density at radius 2 is 1.77 bits per heavy atom. The van der Waals surface area contributed by atoms with Gasteiger partial charge in [-0.3, -0.25) is 9.59 Å². The van der Waals surface area contributed by atoms with Crippen molar-refractivity contribution >= 4 is 29.1 Å². The molecule has 162 valence electrons. The predicted molar refractivity (Wildman–Crippen MR) is 111 cm³/mol. The summed E-state index contributed by atoms with van der Waals surface area (Å²) in [6.45, 7) is 0.827. The topological polar surface area (TPSA) is 116 Å². The first-order valence-electron chi connectivity index (χ1n) is 9.36. The highest BCUT2D eigenvalue weighted by Crippen LogP contribution is 2.23. The molecule has 3 N–H and O–H groups in total. The van der Waals surface area contributed by atoms with Crippen LogP contribution in [0.1, 0.15) is 22.4 Å². The fourth-order valence-electron chi connectivity index (χ4n) is 3.18. The summed E-state index contributed by atoms with van der Waals surface area (Å²) in [4.78, 5) is 39.2. The van der Waals surface area contributed by atoms with Gasteiger partial charge in [0.15, 0.2) is 0 Å². The standard InChI is InChI=1S/C20H22N2O5S.CH4O/c1-27-20(26)16(9-15-7-4-8-28-15)21-18(24)10-17(23)19(25)22-11-13-5-2-3-6-14(13)12-22;1-2/h2-8,16-17,23H,9-12H2,1H3,(H,21,24);2H,1H3/t16?,17-;/m1./s1. The molecule has 0 saturated carbocycles. The minimum Gasteiger partial charge on any atom is -0.467 e. The third-order valence-electron chi connectivity index (χ3n) is 4.62. The maximum Gasteiger partial charge on any atom is 0.328 e. The second-order valence-corrected chi connectivity index (χ2v) is 7.64. The first-order valence-corrected chi connectivity index (χ1v) is 10.2. The Kier molecular flexibility index (Phi) is 8.97. The lowest BCUT2D eigenvalue weighted by Crippen LogP contribution is -2.45. The van der Waals surface area contributed by atoms with E-state index in [1.165, 1.54) is 23.3 Å². The first-order chi connectivity index (χ1) is 14.5. The Morgan fingerprint density at radius 1 is 1.13 bits per heavy atom. The number of amides is 2. The Labute approximate surface area is 179 Å². The number of benzene rings is 1. The zero-order chi connectivity index (χ0) is 22.1. The van der Waals surface area contributed by atoms with Crippen LogP contribution in [-0.4, -0.2) is 59.3 Å². The average Bonchev–Trinajstić information content (AvgIpc) is 3.43. The number of aliphatic hydroxyl groups is 2. The molecule has 30 heavy (non-hydrogen) atoms. The van der Waals surface area contributed by atoms with Crippen LogP contribution in [0.3, 0.4) is 0 Å². The lowest BCUT2D eigenvalue weighted by molar-refractivity contribution is -0.146. The van der Waals surface area contributed by atoms with Gasteiger partial charge in [0.05, 0.1) is 13.5 Å². The second kappa shape index (κ2) is 11.4. The molecule has 8 nitrogen and oxygen atoms in total. The zero-order valence-electron chi connectivity index (χ0n) is 16.9. The van der Waals surface area contributed by atoms with Gasteiger partial charge in [-0.2, -0.15) is 0 Å². The number of nitrogens with zero attached hydrogens (tertiary/aromatic N) is 1. The third kappa shape index (κ3) is 6.12. The van der Waals surface area contributed by atoms with E-state index >= 15 is 0 Å². The number of thiophene rings is 1. The van der Waals surface area contributed by atoms with Crippen molar-refractivity contribution in [1.82, 2.24) is 10.2 Å². The minimum absolute atomic E-state index is 0.293. The highest BCUT2D eigenvalue weighted by Gasteiger charge is 2.30. The maximum absolute atomic E-state index is 12.5. The third-order valence-corrected chi connectivity index (χ3v) is 5.52. The van der Waals surface area contributed by atoms with Gasteiger partial charge in [0.1, 0.15) is 12.1 Å². The van der Waals surface area contributed by atoms with Crippen LogP contribution in [0.2, 0.25) is 0 Å². The lowest BCUT2D eigenvalue weighted by atomic mass is 10.1. The summed E-state index contributed by atoms with van der Waals surface area (Å²) in [5.41, 5.74) is 2.07. The summed E-state index contributed by atoms with van der Waals surface area (Å²) in [5.74, 6) is -1.65. The molecule has 2 atom stereocenters. The predicted octanol–water partition coefficient (Wildman–Crippen LogP) is 0.850. The van der Waals surface area contributed by atoms with Gasteiger partial charge in [-0.25, -0.2) is 4.79 Å². The maximum atomic E-state index is 12.5. The van der Waals surface area contributed by atoms with E-state index in [0.29, 0.717) is 19.5 Å². The number of carbonyl (C=O) groups excluding carboxylic acids is 3. The molecule has 2 heterocycles. The molecule has 1 aromatic heterocycles. The second-order valence-electron chi connectivity index (χ2n) is 6.61. The van der Waals surface area contributed by atoms with E-state index in [2.05, 4.69) is 5.32 Å². The van der Waals surface area contributed by atoms with Crippen LogP contribution in [0.5, 0.6) is 0 Å². The molecule has 1 aromatic carbocycles. The summed E-state index contributed by atoms with van der Waals surface area (Å²) in [7, 11) is 2.25. The van der Waals surface area contributed by atoms with Crippen molar-refractivity contribution in [3.05, 3.63) is 57.8 Å². The smallest absolute Gasteiger partial charge is 0.328 e. The molecule has 0 aliphatic carbocycles. The molecular weight excluding hydrogens is 408 g/mol. The minimum atomic E-state index is -1.46. The fraction of sp³-hybridized carbons (Fsp3) is 0.381. The van der Waals surface area contributed by atoms with Gasteiger partial charge in [-0.15, -0.1) is 11.3 Å². The molecule has 1 unspecified atom stereocenters. The number of methoxy groups -OCH3 is 1. The lowest BCUT2D eigenvalue weighted by Gasteiger charge is -2.20. The van der Waals surface area contributed by atoms with Crippen LogP contribution in [0.25, 0.3) is 0 Å². The number of aliphatic hydroxyl groups excluding tert-OH is 2. The van der Waals surface area contributed by atoms with Crippen molar-refractivity contribution in [1.29, 1.82) is 0 Å². The Morgan fingerprint density at radius 3 is 2.30 bits per heavy atom. The summed E-state index contributed by atoms with van der Waals surface area (Å²) >= 11 is 1.47. The van der Waals surface area contributed by atoms with Crippen molar-refractivity contribution in [3.63, 3.8) is 0 Å². The molecule has 2 aromatic rings. The largest absolute Gasteiger partial charge is 0.467 e. The molecule has 0 spiro atoms. The van der Waals surface area contributed by atoms with Crippen molar-refractivity contribution in [2.75, 3.05) is 14.2 Å². The average molecular weight is 435 g/mol. The SMILES string of the molecule is CO.COC(=O)C(Cc1cccs1)NC(=O)C[C@@H](O)C(=O)N1Cc2ccccc2C1. The molecule has 1 aliphatic heterocycles. The van der Waals surface area contributed by atoms with Crippen LogP contribution < -0.4 is 5.32 Å². The Bertz CT molecular complexity index is 830. The van der Waals surface area contributed by atoms with Gasteiger partial charge in [0, 0.05) is 31.5 Å². The van der Waals surface area contributed by atoms with Crippen LogP contribution in [-0.2, 0) is 38.6 Å². The van der Waals surface area contributed by atoms with Crippen LogP contribution in [0, 0.1) is 0 Å². The van der Waals surface area contributed by atoms with Crippen LogP contribution in [0.4, 0.5) is 0 Å². The van der Waals surface area contributed by atoms with E-state index in [1.807, 2.05) is 41.8 Å². The summed E-state index contributed by atoms with van der Waals surface area (Å²) < 4.78 is 4.74. The van der Waals surface area contributed by atoms with Crippen molar-refractivity contribution in [2.45, 2.75) is 38.1 Å². The molecule has 0 bridgehead atoms. The van der Waals surface area contributed by atoms with Gasteiger partial charge in [0.2, 0.25) is 5.91 Å². The fourth-order valence-corrected chi connectivity index (χ4v) is 3.93. The van der Waals surface area contributed by atoms with Crippen molar-refractivity contribution < 1.29 is 29.3 Å². The van der Waals surface area contributed by atoms with Gasteiger partial charge in [0.25, 0.3) is 5.91 Å². The zero-order valence-corrected chi connectivity index (χ0v) is 17.7. The first kappa shape index (κ1) is 23.5. The summed E-state index contributed by atoms with van der Waals surface area (Å²) in [6, 6.07) is 10.5. The van der Waals surface area contributed by atoms with Crippen molar-refractivity contribution in [3.8, 4) is 0 Å². The highest BCUT2D eigenvalue weighted by atomic mass is 32.1. The number of ether oxygens (including phenoxy) is 1. The molecule has 1 aliphatic rings. The number of hydrogen-bond donors (Lipinski definition) is 3. The van der Waals surface area contributed by atoms with E-state index in [4.69, 9.17) is 9.84 Å². The molecule has 3 rings (SSSR count). The highest BCUT2D eigenvalue weighted by molar-refractivity contribution is 7.09. The monoisotopic (exact) mass is 434 g/mol. The molecule has 0 fully saturated rings. The molecule has 0 radical (unpaired) electrons. The normalized spacial score (nSPS) is 14.1. The van der Waals surface area contributed by atoms with Gasteiger partial charge in [-0.05, 0) is 22.6 Å². The van der Waals surface area contributed by atoms with E-state index in [1.54, 1.807) is 0 Å². The van der Waals surface area contributed by atoms with Gasteiger partial charge < -0.3 is 25.2 Å². The molecule has 2 amide bonds. The Hall–Kier alpha value is -2.75. The number of hydrogen-bond acceptors (Lipinski definition) is 7. The quantitative estimate of drug-likeness (QED) is 0.557. The van der Waals surface area contributed by atoms with Gasteiger partial charge >= 0.3 is 5.97 Å². The van der Waals surface area contributed by atoms with Gasteiger partial charge in [-0.1, -0.05) is 30.3 Å². The summed E-state index contributed by atoms with van der Waals surface area (Å²) in [5, 5.41) is 21.7. The number of carbonyl (C=O) groups is 3. The molecule has 9 heteroatoms. The van der Waals surface area contributed by atoms with E-state index in [-0.39, 0.29) is 0 Å².